The Labute approximate surface area is 104 Å². The number of rotatable bonds is 3. The summed E-state index contributed by atoms with van der Waals surface area (Å²) in [7, 11) is 3.02. The molecule has 0 saturated carbocycles. The Bertz CT molecular complexity index is 620. The normalized spacial score (nSPS) is 10.2. The van der Waals surface area contributed by atoms with E-state index in [1.165, 1.54) is 13.4 Å². The summed E-state index contributed by atoms with van der Waals surface area (Å²) in [6, 6.07) is 5.68. The Morgan fingerprint density at radius 1 is 1.22 bits per heavy atom. The second-order valence-corrected chi connectivity index (χ2v) is 3.82. The van der Waals surface area contributed by atoms with Crippen LogP contribution in [-0.2, 0) is 0 Å². The van der Waals surface area contributed by atoms with Gasteiger partial charge >= 0.3 is 0 Å². The van der Waals surface area contributed by atoms with Crippen LogP contribution in [0.15, 0.2) is 29.3 Å². The molecule has 0 bridgehead atoms. The van der Waals surface area contributed by atoms with Crippen molar-refractivity contribution in [1.82, 2.24) is 9.97 Å². The van der Waals surface area contributed by atoms with E-state index in [4.69, 9.17) is 9.47 Å². The summed E-state index contributed by atoms with van der Waals surface area (Å²) in [6.45, 7) is 1.96. The van der Waals surface area contributed by atoms with Crippen LogP contribution in [0.5, 0.6) is 11.5 Å². The van der Waals surface area contributed by atoms with Gasteiger partial charge in [-0.15, -0.1) is 0 Å². The maximum atomic E-state index is 11.7. The minimum absolute atomic E-state index is 0.182. The van der Waals surface area contributed by atoms with Crippen molar-refractivity contribution in [2.75, 3.05) is 14.2 Å². The van der Waals surface area contributed by atoms with E-state index < -0.39 is 0 Å². The highest BCUT2D eigenvalue weighted by Crippen LogP contribution is 2.33. The summed E-state index contributed by atoms with van der Waals surface area (Å²) in [6.07, 6.45) is 1.35. The summed E-state index contributed by atoms with van der Waals surface area (Å²) in [5, 5.41) is 0. The molecule has 0 saturated heterocycles. The van der Waals surface area contributed by atoms with Gasteiger partial charge in [0.1, 0.15) is 11.4 Å². The van der Waals surface area contributed by atoms with Gasteiger partial charge in [0, 0.05) is 5.56 Å². The maximum absolute atomic E-state index is 11.7. The van der Waals surface area contributed by atoms with Gasteiger partial charge in [-0.25, -0.2) is 4.98 Å². The minimum atomic E-state index is -0.314. The van der Waals surface area contributed by atoms with Crippen molar-refractivity contribution in [3.8, 4) is 22.8 Å². The van der Waals surface area contributed by atoms with E-state index in [9.17, 15) is 4.79 Å². The monoisotopic (exact) mass is 246 g/mol. The first-order valence-electron chi connectivity index (χ1n) is 5.44. The van der Waals surface area contributed by atoms with Crippen molar-refractivity contribution in [3.05, 3.63) is 40.4 Å². The zero-order valence-electron chi connectivity index (χ0n) is 10.5. The van der Waals surface area contributed by atoms with Gasteiger partial charge in [0.15, 0.2) is 0 Å². The Morgan fingerprint density at radius 3 is 2.67 bits per heavy atom. The van der Waals surface area contributed by atoms with Crippen LogP contribution < -0.4 is 15.0 Å². The molecule has 0 aliphatic rings. The van der Waals surface area contributed by atoms with Crippen molar-refractivity contribution < 1.29 is 9.47 Å². The molecule has 1 heterocycles. The molecule has 18 heavy (non-hydrogen) atoms. The second kappa shape index (κ2) is 4.91. The van der Waals surface area contributed by atoms with Gasteiger partial charge < -0.3 is 14.5 Å². The van der Waals surface area contributed by atoms with Crippen molar-refractivity contribution in [1.29, 1.82) is 0 Å². The zero-order chi connectivity index (χ0) is 13.1. The molecule has 5 heteroatoms. The van der Waals surface area contributed by atoms with Crippen LogP contribution in [0.4, 0.5) is 0 Å². The number of nitrogens with zero attached hydrogens (tertiary/aromatic N) is 1. The molecular formula is C13H14N2O3. The van der Waals surface area contributed by atoms with Crippen LogP contribution in [0.25, 0.3) is 11.3 Å². The summed E-state index contributed by atoms with van der Waals surface area (Å²) >= 11 is 0. The number of aromatic nitrogens is 2. The third kappa shape index (κ3) is 2.07. The molecule has 0 aliphatic heterocycles. The van der Waals surface area contributed by atoms with Crippen molar-refractivity contribution in [2.45, 2.75) is 6.92 Å². The van der Waals surface area contributed by atoms with Crippen LogP contribution in [-0.4, -0.2) is 24.2 Å². The number of hydrogen-bond acceptors (Lipinski definition) is 4. The maximum Gasteiger partial charge on any atom is 0.293 e. The fourth-order valence-corrected chi connectivity index (χ4v) is 1.78. The number of benzene rings is 1. The summed E-state index contributed by atoms with van der Waals surface area (Å²) in [5.41, 5.74) is 1.95. The lowest BCUT2D eigenvalue weighted by molar-refractivity contribution is 0.404. The Kier molecular flexibility index (Phi) is 3.32. The number of H-pyrrole nitrogens is 1. The van der Waals surface area contributed by atoms with Crippen molar-refractivity contribution in [2.24, 2.45) is 0 Å². The fourth-order valence-electron chi connectivity index (χ4n) is 1.78. The smallest absolute Gasteiger partial charge is 0.293 e. The molecule has 0 amide bonds. The van der Waals surface area contributed by atoms with Crippen LogP contribution in [0.3, 0.4) is 0 Å². The van der Waals surface area contributed by atoms with Crippen molar-refractivity contribution in [3.63, 3.8) is 0 Å². The standard InChI is InChI=1S/C13H14N2O3/c1-8-4-5-10(17-2)9(6-8)11-12(18-3)13(16)15-7-14-11/h4-7H,1-3H3,(H,14,15,16). The van der Waals surface area contributed by atoms with Gasteiger partial charge in [-0.1, -0.05) is 11.6 Å². The van der Waals surface area contributed by atoms with E-state index in [1.807, 2.05) is 25.1 Å². The molecule has 2 aromatic rings. The number of hydrogen-bond donors (Lipinski definition) is 1. The largest absolute Gasteiger partial charge is 0.496 e. The second-order valence-electron chi connectivity index (χ2n) is 3.82. The molecule has 0 aliphatic carbocycles. The molecule has 0 spiro atoms. The Balaban J connectivity index is 2.72. The van der Waals surface area contributed by atoms with Crippen molar-refractivity contribution >= 4 is 0 Å². The highest BCUT2D eigenvalue weighted by Gasteiger charge is 2.15. The topological polar surface area (TPSA) is 64.2 Å². The van der Waals surface area contributed by atoms with Gasteiger partial charge in [0.2, 0.25) is 5.75 Å². The lowest BCUT2D eigenvalue weighted by Gasteiger charge is -2.11. The predicted molar refractivity (Wildman–Crippen MR) is 68.1 cm³/mol. The number of aryl methyl sites for hydroxylation is 1. The molecule has 2 rings (SSSR count). The molecule has 0 radical (unpaired) electrons. The van der Waals surface area contributed by atoms with Gasteiger partial charge in [-0.05, 0) is 19.1 Å². The molecule has 94 valence electrons. The van der Waals surface area contributed by atoms with E-state index in [1.54, 1.807) is 7.11 Å². The van der Waals surface area contributed by atoms with E-state index in [-0.39, 0.29) is 11.3 Å². The minimum Gasteiger partial charge on any atom is -0.496 e. The average Bonchev–Trinajstić information content (AvgIpc) is 2.38. The Morgan fingerprint density at radius 2 is 2.00 bits per heavy atom. The summed E-state index contributed by atoms with van der Waals surface area (Å²) in [5.74, 6) is 0.832. The molecule has 1 aromatic heterocycles. The van der Waals surface area contributed by atoms with Crippen LogP contribution in [0.1, 0.15) is 5.56 Å². The van der Waals surface area contributed by atoms with E-state index in [2.05, 4.69) is 9.97 Å². The quantitative estimate of drug-likeness (QED) is 0.896. The van der Waals surface area contributed by atoms with E-state index >= 15 is 0 Å². The number of ether oxygens (including phenoxy) is 2. The highest BCUT2D eigenvalue weighted by molar-refractivity contribution is 5.72. The zero-order valence-corrected chi connectivity index (χ0v) is 10.5. The Hall–Kier alpha value is -2.30. The molecular weight excluding hydrogens is 232 g/mol. The SMILES string of the molecule is COc1ccc(C)cc1-c1nc[nH]c(=O)c1OC. The third-order valence-corrected chi connectivity index (χ3v) is 2.62. The first-order chi connectivity index (χ1) is 8.67. The number of nitrogens with one attached hydrogen (secondary N) is 1. The molecule has 5 nitrogen and oxygen atoms in total. The molecule has 0 unspecified atom stereocenters. The fraction of sp³-hybridized carbons (Fsp3) is 0.231. The molecule has 0 fully saturated rings. The van der Waals surface area contributed by atoms with E-state index in [0.717, 1.165) is 11.1 Å². The molecule has 1 aromatic carbocycles. The van der Waals surface area contributed by atoms with Gasteiger partial charge in [-0.3, -0.25) is 4.79 Å². The summed E-state index contributed by atoms with van der Waals surface area (Å²) < 4.78 is 10.4. The van der Waals surface area contributed by atoms with Gasteiger partial charge in [-0.2, -0.15) is 0 Å². The van der Waals surface area contributed by atoms with Crippen LogP contribution >= 0.6 is 0 Å². The summed E-state index contributed by atoms with van der Waals surface area (Å²) in [4.78, 5) is 18.3. The lowest BCUT2D eigenvalue weighted by atomic mass is 10.1. The number of aromatic amines is 1. The number of methoxy groups -OCH3 is 2. The van der Waals surface area contributed by atoms with Crippen LogP contribution in [0.2, 0.25) is 0 Å². The predicted octanol–water partition coefficient (Wildman–Crippen LogP) is 1.76. The first kappa shape index (κ1) is 12.2. The van der Waals surface area contributed by atoms with E-state index in [0.29, 0.717) is 11.4 Å². The molecule has 1 N–H and O–H groups in total. The molecule has 0 atom stereocenters. The average molecular weight is 246 g/mol. The van der Waals surface area contributed by atoms with Crippen LogP contribution in [0, 0.1) is 6.92 Å². The van der Waals surface area contributed by atoms with Gasteiger partial charge in [0.25, 0.3) is 5.56 Å². The lowest BCUT2D eigenvalue weighted by Crippen LogP contribution is -2.11. The van der Waals surface area contributed by atoms with Gasteiger partial charge in [0.05, 0.1) is 20.5 Å². The first-order valence-corrected chi connectivity index (χ1v) is 5.44. The third-order valence-electron chi connectivity index (χ3n) is 2.62. The highest BCUT2D eigenvalue weighted by atomic mass is 16.5.